The lowest BCUT2D eigenvalue weighted by Gasteiger charge is -2.23. The summed E-state index contributed by atoms with van der Waals surface area (Å²) in [5.41, 5.74) is 1.81. The van der Waals surface area contributed by atoms with Crippen LogP contribution in [0.25, 0.3) is 10.6 Å². The van der Waals surface area contributed by atoms with E-state index in [1.807, 2.05) is 41.5 Å². The summed E-state index contributed by atoms with van der Waals surface area (Å²) >= 11 is 2.98. The van der Waals surface area contributed by atoms with Crippen molar-refractivity contribution in [2.75, 3.05) is 11.8 Å². The highest BCUT2D eigenvalue weighted by atomic mass is 32.2. The smallest absolute Gasteiger partial charge is 0.407 e. The quantitative estimate of drug-likeness (QED) is 0.260. The first kappa shape index (κ1) is 27.6. The second kappa shape index (κ2) is 12.3. The summed E-state index contributed by atoms with van der Waals surface area (Å²) in [5, 5.41) is 10.2. The van der Waals surface area contributed by atoms with Gasteiger partial charge in [-0.1, -0.05) is 32.0 Å². The number of carbonyl (C=O) groups is 2. The molecule has 0 bridgehead atoms. The fourth-order valence-electron chi connectivity index (χ4n) is 3.46. The van der Waals surface area contributed by atoms with E-state index in [-0.39, 0.29) is 17.5 Å². The molecule has 0 unspecified atom stereocenters. The third kappa shape index (κ3) is 8.29. The molecule has 0 saturated heterocycles. The molecule has 4 N–H and O–H groups in total. The van der Waals surface area contributed by atoms with Gasteiger partial charge in [-0.15, -0.1) is 22.7 Å². The van der Waals surface area contributed by atoms with Crippen molar-refractivity contribution in [3.63, 3.8) is 0 Å². The Bertz CT molecular complexity index is 1260. The molecule has 3 aromatic rings. The van der Waals surface area contributed by atoms with E-state index in [2.05, 4.69) is 15.4 Å². The highest BCUT2D eigenvalue weighted by Gasteiger charge is 2.27. The summed E-state index contributed by atoms with van der Waals surface area (Å²) < 4.78 is 37.8. The molecule has 10 nitrogen and oxygen atoms in total. The minimum Gasteiger partial charge on any atom is -0.453 e. The lowest BCUT2D eigenvalue weighted by molar-refractivity contribution is -0.124. The maximum Gasteiger partial charge on any atom is 0.407 e. The number of nitrogens with zero attached hydrogens (tertiary/aromatic N) is 1. The van der Waals surface area contributed by atoms with Gasteiger partial charge in [-0.2, -0.15) is 8.42 Å². The number of nitrogens with one attached hydrogen (secondary N) is 3. The standard InChI is InChI=1S/C23H28N4O6S3/c1-14(2)11-17(26-23(29)33-3)21(28)24-18(22-25-19(13-35-22)20-5-4-10-34-20)12-15-6-8-16(9-7-15)27-36(30,31)32/h4-10,13-14,17-18,27H,11-12H2,1-3H3,(H,24,28)(H,26,29)(H,30,31,32)/t17-,18-/m0/s1. The summed E-state index contributed by atoms with van der Waals surface area (Å²) in [6, 6.07) is 9.02. The first-order valence-electron chi connectivity index (χ1n) is 11.0. The highest BCUT2D eigenvalue weighted by molar-refractivity contribution is 7.87. The summed E-state index contributed by atoms with van der Waals surface area (Å²) in [5.74, 6) is -0.221. The van der Waals surface area contributed by atoms with E-state index >= 15 is 0 Å². The average Bonchev–Trinajstić information content (AvgIpc) is 3.50. The molecular formula is C23H28N4O6S3. The van der Waals surface area contributed by atoms with Gasteiger partial charge in [0.15, 0.2) is 0 Å². The minimum absolute atomic E-state index is 0.143. The van der Waals surface area contributed by atoms with Crippen molar-refractivity contribution in [1.82, 2.24) is 15.6 Å². The predicted octanol–water partition coefficient (Wildman–Crippen LogP) is 4.26. The zero-order chi connectivity index (χ0) is 26.3. The first-order chi connectivity index (χ1) is 17.0. The summed E-state index contributed by atoms with van der Waals surface area (Å²) in [7, 11) is -3.14. The molecule has 36 heavy (non-hydrogen) atoms. The van der Waals surface area contributed by atoms with Gasteiger partial charge in [0.25, 0.3) is 0 Å². The van der Waals surface area contributed by atoms with Crippen LogP contribution in [0, 0.1) is 5.92 Å². The molecule has 0 fully saturated rings. The number of thiazole rings is 1. The molecule has 2 amide bonds. The van der Waals surface area contributed by atoms with Gasteiger partial charge in [-0.25, -0.2) is 9.78 Å². The van der Waals surface area contributed by atoms with E-state index < -0.39 is 28.5 Å². The van der Waals surface area contributed by atoms with Gasteiger partial charge in [0, 0.05) is 5.38 Å². The molecule has 2 aromatic heterocycles. The van der Waals surface area contributed by atoms with E-state index in [0.717, 1.165) is 16.1 Å². The van der Waals surface area contributed by atoms with Gasteiger partial charge in [0.2, 0.25) is 5.91 Å². The molecule has 0 spiro atoms. The van der Waals surface area contributed by atoms with Crippen molar-refractivity contribution in [3.05, 3.63) is 57.7 Å². The lowest BCUT2D eigenvalue weighted by Crippen LogP contribution is -2.48. The normalized spacial score (nSPS) is 13.1. The van der Waals surface area contributed by atoms with Crippen LogP contribution in [0.1, 0.15) is 36.9 Å². The summed E-state index contributed by atoms with van der Waals surface area (Å²) in [6.45, 7) is 3.90. The molecular weight excluding hydrogens is 524 g/mol. The molecule has 3 rings (SSSR count). The van der Waals surface area contributed by atoms with E-state index in [4.69, 9.17) is 9.54 Å². The van der Waals surface area contributed by atoms with E-state index in [0.29, 0.717) is 17.8 Å². The van der Waals surface area contributed by atoms with Gasteiger partial charge in [0.1, 0.15) is 11.0 Å². The highest BCUT2D eigenvalue weighted by Crippen LogP contribution is 2.30. The molecule has 0 aliphatic carbocycles. The van der Waals surface area contributed by atoms with Gasteiger partial charge < -0.3 is 15.4 Å². The molecule has 0 saturated carbocycles. The number of aromatic nitrogens is 1. The summed E-state index contributed by atoms with van der Waals surface area (Å²) in [4.78, 5) is 30.8. The Morgan fingerprint density at radius 2 is 1.83 bits per heavy atom. The Morgan fingerprint density at radius 1 is 1.11 bits per heavy atom. The second-order valence-electron chi connectivity index (χ2n) is 8.41. The number of alkyl carbamates (subject to hydrolysis) is 1. The molecule has 2 heterocycles. The van der Waals surface area contributed by atoms with Crippen LogP contribution in [0.4, 0.5) is 10.5 Å². The number of thiophene rings is 1. The van der Waals surface area contributed by atoms with Crippen LogP contribution < -0.4 is 15.4 Å². The number of methoxy groups -OCH3 is 1. The molecule has 0 aliphatic heterocycles. The largest absolute Gasteiger partial charge is 0.453 e. The van der Waals surface area contributed by atoms with E-state index in [9.17, 15) is 18.0 Å². The van der Waals surface area contributed by atoms with E-state index in [1.54, 1.807) is 23.5 Å². The third-order valence-electron chi connectivity index (χ3n) is 5.05. The Balaban J connectivity index is 1.85. The van der Waals surface area contributed by atoms with Crippen molar-refractivity contribution in [3.8, 4) is 10.6 Å². The number of amides is 2. The molecule has 194 valence electrons. The van der Waals surface area contributed by atoms with Crippen molar-refractivity contribution < 1.29 is 27.3 Å². The summed E-state index contributed by atoms with van der Waals surface area (Å²) in [6.07, 6.45) is 0.0904. The number of rotatable bonds is 11. The molecule has 13 heteroatoms. The first-order valence-corrected chi connectivity index (χ1v) is 14.2. The Labute approximate surface area is 218 Å². The fourth-order valence-corrected chi connectivity index (χ4v) is 5.52. The van der Waals surface area contributed by atoms with Crippen molar-refractivity contribution in [1.29, 1.82) is 0 Å². The van der Waals surface area contributed by atoms with Crippen LogP contribution in [-0.2, 0) is 26.3 Å². The van der Waals surface area contributed by atoms with Crippen molar-refractivity contribution in [2.45, 2.75) is 38.8 Å². The monoisotopic (exact) mass is 552 g/mol. The zero-order valence-corrected chi connectivity index (χ0v) is 22.4. The number of carbonyl (C=O) groups excluding carboxylic acids is 2. The van der Waals surface area contributed by atoms with Crippen LogP contribution in [0.5, 0.6) is 0 Å². The lowest BCUT2D eigenvalue weighted by atomic mass is 10.0. The number of hydrogen-bond donors (Lipinski definition) is 4. The molecule has 0 aliphatic rings. The third-order valence-corrected chi connectivity index (χ3v) is 7.40. The maximum absolute atomic E-state index is 13.2. The number of ether oxygens (including phenoxy) is 1. The fraction of sp³-hybridized carbons (Fsp3) is 0.348. The SMILES string of the molecule is COC(=O)N[C@@H](CC(C)C)C(=O)N[C@@H](Cc1ccc(NS(=O)(=O)O)cc1)c1nc(-c2cccs2)cs1. The number of hydrogen-bond acceptors (Lipinski definition) is 8. The second-order valence-corrected chi connectivity index (χ2v) is 11.4. The van der Waals surface area contributed by atoms with Gasteiger partial charge >= 0.3 is 16.4 Å². The Morgan fingerprint density at radius 3 is 2.42 bits per heavy atom. The van der Waals surface area contributed by atoms with Gasteiger partial charge in [-0.3, -0.25) is 14.1 Å². The zero-order valence-electron chi connectivity index (χ0n) is 19.9. The van der Waals surface area contributed by atoms with Crippen LogP contribution in [0.15, 0.2) is 47.2 Å². The minimum atomic E-state index is -4.38. The van der Waals surface area contributed by atoms with Crippen LogP contribution in [0.2, 0.25) is 0 Å². The molecule has 1 aromatic carbocycles. The number of anilines is 1. The topological polar surface area (TPSA) is 147 Å². The predicted molar refractivity (Wildman–Crippen MR) is 140 cm³/mol. The maximum atomic E-state index is 13.2. The Kier molecular flexibility index (Phi) is 9.43. The number of benzene rings is 1. The van der Waals surface area contributed by atoms with Gasteiger partial charge in [-0.05, 0) is 47.9 Å². The molecule has 0 radical (unpaired) electrons. The van der Waals surface area contributed by atoms with Crippen LogP contribution in [0.3, 0.4) is 0 Å². The van der Waals surface area contributed by atoms with Crippen molar-refractivity contribution in [2.24, 2.45) is 5.92 Å². The van der Waals surface area contributed by atoms with Crippen LogP contribution in [-0.4, -0.2) is 43.1 Å². The van der Waals surface area contributed by atoms with Gasteiger partial charge in [0.05, 0.1) is 29.4 Å². The average molecular weight is 553 g/mol. The van der Waals surface area contributed by atoms with E-state index in [1.165, 1.54) is 30.6 Å². The molecule has 2 atom stereocenters. The van der Waals surface area contributed by atoms with Crippen LogP contribution >= 0.6 is 22.7 Å². The van der Waals surface area contributed by atoms with Crippen molar-refractivity contribution >= 4 is 50.7 Å². The Hall–Kier alpha value is -3.00.